The summed E-state index contributed by atoms with van der Waals surface area (Å²) < 4.78 is 0. The van der Waals surface area contributed by atoms with E-state index in [2.05, 4.69) is 0 Å². The second-order valence-electron chi connectivity index (χ2n) is 6.84. The number of carbonyl (C=O) groups is 1. The Bertz CT molecular complexity index is 824. The zero-order valence-corrected chi connectivity index (χ0v) is 14.1. The molecule has 7 nitrogen and oxygen atoms in total. The third-order valence-corrected chi connectivity index (χ3v) is 5.16. The van der Waals surface area contributed by atoms with E-state index in [9.17, 15) is 25.2 Å². The molecule has 0 bridgehead atoms. The molecule has 0 atom stereocenters. The maximum atomic E-state index is 12.9. The fourth-order valence-corrected chi connectivity index (χ4v) is 3.69. The molecule has 26 heavy (non-hydrogen) atoms. The molecule has 136 valence electrons. The summed E-state index contributed by atoms with van der Waals surface area (Å²) in [5.74, 6) is -0.640. The Morgan fingerprint density at radius 1 is 0.654 bits per heavy atom. The van der Waals surface area contributed by atoms with Crippen LogP contribution in [-0.2, 0) is 25.9 Å². The zero-order valence-electron chi connectivity index (χ0n) is 14.1. The molecule has 0 aromatic heterocycles. The van der Waals surface area contributed by atoms with Crippen molar-refractivity contribution >= 4 is 6.03 Å². The van der Waals surface area contributed by atoms with Crippen LogP contribution in [0.1, 0.15) is 22.3 Å². The number of hydrogen-bond acceptors (Lipinski definition) is 5. The van der Waals surface area contributed by atoms with Gasteiger partial charge in [0, 0.05) is 26.2 Å². The van der Waals surface area contributed by atoms with Crippen LogP contribution in [0.3, 0.4) is 0 Å². The number of phenolic OH excluding ortho intramolecular Hbond substituents is 4. The minimum absolute atomic E-state index is 0.0959. The third-order valence-electron chi connectivity index (χ3n) is 5.16. The van der Waals surface area contributed by atoms with Crippen LogP contribution in [0, 0.1) is 0 Å². The van der Waals surface area contributed by atoms with Crippen molar-refractivity contribution in [2.24, 2.45) is 0 Å². The topological polar surface area (TPSA) is 104 Å². The molecule has 2 heterocycles. The minimum atomic E-state index is -0.180. The van der Waals surface area contributed by atoms with Crippen molar-refractivity contribution in [1.82, 2.24) is 9.80 Å². The zero-order chi connectivity index (χ0) is 18.4. The second kappa shape index (κ2) is 6.01. The maximum Gasteiger partial charge on any atom is 0.320 e. The summed E-state index contributed by atoms with van der Waals surface area (Å²) in [7, 11) is 0. The SMILES string of the molecule is O=C(N1CCc2cc(O)c(O)cc2C1)N1CCc2cc(O)c(O)cc2C1. The van der Waals surface area contributed by atoms with Crippen molar-refractivity contribution in [1.29, 1.82) is 0 Å². The Morgan fingerprint density at radius 2 is 1.00 bits per heavy atom. The van der Waals surface area contributed by atoms with Crippen molar-refractivity contribution in [3.05, 3.63) is 46.5 Å². The Morgan fingerprint density at radius 3 is 1.38 bits per heavy atom. The van der Waals surface area contributed by atoms with Gasteiger partial charge >= 0.3 is 6.03 Å². The van der Waals surface area contributed by atoms with Crippen molar-refractivity contribution in [2.75, 3.05) is 13.1 Å². The summed E-state index contributed by atoms with van der Waals surface area (Å²) in [5.41, 5.74) is 3.54. The van der Waals surface area contributed by atoms with Crippen LogP contribution in [0.5, 0.6) is 23.0 Å². The molecule has 0 saturated heterocycles. The summed E-state index contributed by atoms with van der Waals surface area (Å²) in [4.78, 5) is 16.4. The molecule has 0 radical (unpaired) electrons. The maximum absolute atomic E-state index is 12.9. The van der Waals surface area contributed by atoms with Crippen LogP contribution in [0.25, 0.3) is 0 Å². The van der Waals surface area contributed by atoms with Crippen LogP contribution in [-0.4, -0.2) is 49.3 Å². The van der Waals surface area contributed by atoms with E-state index in [4.69, 9.17) is 0 Å². The van der Waals surface area contributed by atoms with Gasteiger partial charge in [0.15, 0.2) is 23.0 Å². The molecule has 0 unspecified atom stereocenters. The summed E-state index contributed by atoms with van der Waals surface area (Å²) >= 11 is 0. The number of urea groups is 1. The van der Waals surface area contributed by atoms with Gasteiger partial charge in [-0.15, -0.1) is 0 Å². The van der Waals surface area contributed by atoms with Crippen molar-refractivity contribution in [3.8, 4) is 23.0 Å². The highest BCUT2D eigenvalue weighted by atomic mass is 16.3. The van der Waals surface area contributed by atoms with Gasteiger partial charge in [0.25, 0.3) is 0 Å². The lowest BCUT2D eigenvalue weighted by atomic mass is 9.98. The van der Waals surface area contributed by atoms with E-state index in [1.165, 1.54) is 12.1 Å². The van der Waals surface area contributed by atoms with E-state index < -0.39 is 0 Å². The van der Waals surface area contributed by atoms with Crippen LogP contribution < -0.4 is 0 Å². The highest BCUT2D eigenvalue weighted by Gasteiger charge is 2.28. The molecule has 0 aliphatic carbocycles. The van der Waals surface area contributed by atoms with Crippen molar-refractivity contribution < 1.29 is 25.2 Å². The first-order chi connectivity index (χ1) is 12.4. The second-order valence-corrected chi connectivity index (χ2v) is 6.84. The molecule has 2 aromatic carbocycles. The largest absolute Gasteiger partial charge is 0.504 e. The van der Waals surface area contributed by atoms with E-state index >= 15 is 0 Å². The predicted molar refractivity (Wildman–Crippen MR) is 93.2 cm³/mol. The average molecular weight is 356 g/mol. The molecule has 0 fully saturated rings. The predicted octanol–water partition coefficient (Wildman–Crippen LogP) is 2.05. The standard InChI is InChI=1S/C19H20N2O5/c22-15-5-11-1-3-20(9-13(11)7-17(15)24)19(26)21-4-2-12-6-16(23)18(25)8-14(12)10-21/h5-8,22-25H,1-4,9-10H2. The number of nitrogens with zero attached hydrogens (tertiary/aromatic N) is 2. The molecule has 4 rings (SSSR count). The normalized spacial score (nSPS) is 16.2. The average Bonchev–Trinajstić information content (AvgIpc) is 2.62. The van der Waals surface area contributed by atoms with Crippen LogP contribution >= 0.6 is 0 Å². The highest BCUT2D eigenvalue weighted by molar-refractivity contribution is 5.75. The number of amides is 2. The molecule has 7 heteroatoms. The van der Waals surface area contributed by atoms with Gasteiger partial charge in [-0.2, -0.15) is 0 Å². The number of benzene rings is 2. The van der Waals surface area contributed by atoms with E-state index in [1.807, 2.05) is 0 Å². The lowest BCUT2D eigenvalue weighted by molar-refractivity contribution is 0.142. The molecule has 2 aromatic rings. The molecule has 4 N–H and O–H groups in total. The van der Waals surface area contributed by atoms with Gasteiger partial charge in [0.05, 0.1) is 0 Å². The first kappa shape index (κ1) is 16.4. The van der Waals surface area contributed by atoms with Crippen molar-refractivity contribution in [3.63, 3.8) is 0 Å². The fourth-order valence-electron chi connectivity index (χ4n) is 3.69. The molecule has 2 aliphatic rings. The lowest BCUT2D eigenvalue weighted by Gasteiger charge is -2.36. The smallest absolute Gasteiger partial charge is 0.320 e. The molecule has 2 amide bonds. The Kier molecular flexibility index (Phi) is 3.79. The van der Waals surface area contributed by atoms with Crippen LogP contribution in [0.4, 0.5) is 4.79 Å². The van der Waals surface area contributed by atoms with Gasteiger partial charge in [0.1, 0.15) is 0 Å². The van der Waals surface area contributed by atoms with Crippen LogP contribution in [0.15, 0.2) is 24.3 Å². The quantitative estimate of drug-likeness (QED) is 0.541. The van der Waals surface area contributed by atoms with Crippen molar-refractivity contribution in [2.45, 2.75) is 25.9 Å². The van der Waals surface area contributed by atoms with Gasteiger partial charge in [-0.3, -0.25) is 0 Å². The monoisotopic (exact) mass is 356 g/mol. The van der Waals surface area contributed by atoms with Gasteiger partial charge in [-0.05, 0) is 59.4 Å². The number of rotatable bonds is 0. The summed E-state index contributed by atoms with van der Waals surface area (Å²) in [6, 6.07) is 6.03. The Labute approximate surface area is 150 Å². The molecule has 0 spiro atoms. The first-order valence-corrected chi connectivity index (χ1v) is 8.53. The number of carbonyl (C=O) groups excluding carboxylic acids is 1. The van der Waals surface area contributed by atoms with E-state index in [0.717, 1.165) is 22.3 Å². The molecule has 0 saturated carbocycles. The molecular weight excluding hydrogens is 336 g/mol. The van der Waals surface area contributed by atoms with E-state index in [1.54, 1.807) is 21.9 Å². The third kappa shape index (κ3) is 2.75. The fraction of sp³-hybridized carbons (Fsp3) is 0.316. The first-order valence-electron chi connectivity index (χ1n) is 8.53. The number of phenols is 4. The minimum Gasteiger partial charge on any atom is -0.504 e. The van der Waals surface area contributed by atoms with Gasteiger partial charge in [-0.25, -0.2) is 4.79 Å². The van der Waals surface area contributed by atoms with E-state index in [0.29, 0.717) is 39.0 Å². The number of aromatic hydroxyl groups is 4. The Hall–Kier alpha value is -3.09. The Balaban J connectivity index is 1.51. The lowest BCUT2D eigenvalue weighted by Crippen LogP contribution is -2.47. The number of fused-ring (bicyclic) bond motifs is 2. The van der Waals surface area contributed by atoms with Gasteiger partial charge in [0.2, 0.25) is 0 Å². The summed E-state index contributed by atoms with van der Waals surface area (Å²) in [6.07, 6.45) is 1.24. The summed E-state index contributed by atoms with van der Waals surface area (Å²) in [5, 5.41) is 38.6. The van der Waals surface area contributed by atoms with Crippen LogP contribution in [0.2, 0.25) is 0 Å². The summed E-state index contributed by atoms with van der Waals surface area (Å²) in [6.45, 7) is 1.85. The van der Waals surface area contributed by atoms with E-state index in [-0.39, 0.29) is 29.0 Å². The molecule has 2 aliphatic heterocycles. The number of hydrogen-bond donors (Lipinski definition) is 4. The molecular formula is C19H20N2O5. The van der Waals surface area contributed by atoms with Gasteiger partial charge < -0.3 is 30.2 Å². The van der Waals surface area contributed by atoms with Gasteiger partial charge in [-0.1, -0.05) is 0 Å². The highest BCUT2D eigenvalue weighted by Crippen LogP contribution is 2.34.